The van der Waals surface area contributed by atoms with E-state index in [-0.39, 0.29) is 29.8 Å². The molecular weight excluding hydrogens is 181 g/mol. The summed E-state index contributed by atoms with van der Waals surface area (Å²) in [5.41, 5.74) is 0. The maximum atomic E-state index is 11.2. The Morgan fingerprint density at radius 3 is 2.79 bits per heavy atom. The van der Waals surface area contributed by atoms with Crippen LogP contribution in [0.2, 0.25) is 6.82 Å². The van der Waals surface area contributed by atoms with Gasteiger partial charge in [-0.15, -0.1) is 0 Å². The highest BCUT2D eigenvalue weighted by molar-refractivity contribution is 6.38. The van der Waals surface area contributed by atoms with E-state index in [4.69, 9.17) is 0 Å². The van der Waals surface area contributed by atoms with Crippen molar-refractivity contribution >= 4 is 24.9 Å². The van der Waals surface area contributed by atoms with E-state index in [2.05, 4.69) is 5.23 Å². The van der Waals surface area contributed by atoms with Crippen LogP contribution in [0.4, 0.5) is 0 Å². The lowest BCUT2D eigenvalue weighted by atomic mass is 9.84. The molecule has 5 heteroatoms. The molecule has 0 spiro atoms. The number of hydrogen-bond donors (Lipinski definition) is 1. The maximum absolute atomic E-state index is 11.2. The van der Waals surface area contributed by atoms with Crippen molar-refractivity contribution in [3.8, 4) is 0 Å². The Morgan fingerprint density at radius 2 is 2.21 bits per heavy atom. The van der Waals surface area contributed by atoms with E-state index in [0.29, 0.717) is 26.7 Å². The summed E-state index contributed by atoms with van der Waals surface area (Å²) < 4.78 is 0. The summed E-state index contributed by atoms with van der Waals surface area (Å²) in [5, 5.41) is 2.68. The number of rotatable bonds is 3. The molecule has 0 aliphatic heterocycles. The summed E-state index contributed by atoms with van der Waals surface area (Å²) in [6.07, 6.45) is 1.59. The maximum Gasteiger partial charge on any atom is 0.232 e. The van der Waals surface area contributed by atoms with Crippen molar-refractivity contribution in [3.05, 3.63) is 0 Å². The van der Waals surface area contributed by atoms with E-state index in [1.807, 2.05) is 6.82 Å². The fourth-order valence-electron chi connectivity index (χ4n) is 1.66. The Morgan fingerprint density at radius 1 is 1.50 bits per heavy atom. The van der Waals surface area contributed by atoms with Crippen molar-refractivity contribution in [3.63, 3.8) is 0 Å². The van der Waals surface area contributed by atoms with E-state index >= 15 is 0 Å². The molecule has 0 saturated heterocycles. The summed E-state index contributed by atoms with van der Waals surface area (Å²) in [6.45, 7) is 1.85. The third-order valence-electron chi connectivity index (χ3n) is 2.41. The molecule has 1 rings (SSSR count). The molecule has 0 heterocycles. The zero-order valence-corrected chi connectivity index (χ0v) is 8.34. The average Bonchev–Trinajstić information content (AvgIpc) is 2.12. The van der Waals surface area contributed by atoms with Crippen molar-refractivity contribution in [1.29, 1.82) is 0 Å². The molecule has 0 aromatic heterocycles. The fourth-order valence-corrected chi connectivity index (χ4v) is 1.66. The average molecular weight is 195 g/mol. The summed E-state index contributed by atoms with van der Waals surface area (Å²) in [7, 11) is 0.610. The van der Waals surface area contributed by atoms with Crippen LogP contribution in [0, 0.1) is 5.92 Å². The van der Waals surface area contributed by atoms with E-state index in [0.717, 1.165) is 0 Å². The van der Waals surface area contributed by atoms with Gasteiger partial charge in [0.25, 0.3) is 0 Å². The zero-order valence-electron chi connectivity index (χ0n) is 8.34. The lowest BCUT2D eigenvalue weighted by Crippen LogP contribution is -2.31. The Hall–Kier alpha value is -1.13. The highest BCUT2D eigenvalue weighted by atomic mass is 16.2. The van der Waals surface area contributed by atoms with Gasteiger partial charge in [0.15, 0.2) is 11.6 Å². The summed E-state index contributed by atoms with van der Waals surface area (Å²) in [4.78, 5) is 33.2. The Balaban J connectivity index is 2.36. The predicted octanol–water partition coefficient (Wildman–Crippen LogP) is -0.169. The van der Waals surface area contributed by atoms with Crippen molar-refractivity contribution in [2.24, 2.45) is 5.92 Å². The number of amides is 1. The minimum absolute atomic E-state index is 0.0281. The monoisotopic (exact) mass is 195 g/mol. The highest BCUT2D eigenvalue weighted by Crippen LogP contribution is 2.21. The Labute approximate surface area is 83.7 Å². The van der Waals surface area contributed by atoms with Crippen molar-refractivity contribution in [1.82, 2.24) is 5.23 Å². The van der Waals surface area contributed by atoms with Gasteiger partial charge in [0.2, 0.25) is 13.3 Å². The van der Waals surface area contributed by atoms with Crippen LogP contribution in [0.3, 0.4) is 0 Å². The molecule has 0 bridgehead atoms. The molecule has 1 fully saturated rings. The molecule has 4 nitrogen and oxygen atoms in total. The van der Waals surface area contributed by atoms with Gasteiger partial charge in [0.1, 0.15) is 0 Å². The molecule has 1 unspecified atom stereocenters. The van der Waals surface area contributed by atoms with Crippen LogP contribution in [0.5, 0.6) is 0 Å². The quantitative estimate of drug-likeness (QED) is 0.502. The Kier molecular flexibility index (Phi) is 3.86. The minimum Gasteiger partial charge on any atom is -0.403 e. The first-order valence-electron chi connectivity index (χ1n) is 4.96. The summed E-state index contributed by atoms with van der Waals surface area (Å²) in [5.74, 6) is -0.561. The predicted molar refractivity (Wildman–Crippen MR) is 53.1 cm³/mol. The zero-order chi connectivity index (χ0) is 10.6. The number of carbonyl (C=O) groups excluding carboxylic acids is 3. The van der Waals surface area contributed by atoms with Gasteiger partial charge >= 0.3 is 0 Å². The van der Waals surface area contributed by atoms with Crippen LogP contribution in [0.15, 0.2) is 0 Å². The highest BCUT2D eigenvalue weighted by Gasteiger charge is 2.27. The van der Waals surface area contributed by atoms with Gasteiger partial charge in [-0.05, 0) is 12.3 Å². The number of Topliss-reactive ketones (excluding diaryl/α,β-unsaturated/α-hetero) is 2. The van der Waals surface area contributed by atoms with E-state index in [9.17, 15) is 14.4 Å². The third-order valence-corrected chi connectivity index (χ3v) is 2.41. The summed E-state index contributed by atoms with van der Waals surface area (Å²) >= 11 is 0. The topological polar surface area (TPSA) is 63.2 Å². The molecule has 1 aliphatic rings. The molecule has 1 saturated carbocycles. The van der Waals surface area contributed by atoms with Crippen LogP contribution >= 0.6 is 0 Å². The standard InChI is InChI=1S/C9H14BNO3/c1-10-11-9(14)5-6-2-3-7(12)8(13)4-6/h6,10H,2-5H2,1H3,(H,11,14). The van der Waals surface area contributed by atoms with Crippen molar-refractivity contribution < 1.29 is 14.4 Å². The molecule has 1 aliphatic carbocycles. The third kappa shape index (κ3) is 2.98. The van der Waals surface area contributed by atoms with Gasteiger partial charge in [-0.1, -0.05) is 6.82 Å². The molecule has 0 radical (unpaired) electrons. The molecule has 76 valence electrons. The van der Waals surface area contributed by atoms with Gasteiger partial charge < -0.3 is 5.23 Å². The number of ketones is 2. The first-order chi connectivity index (χ1) is 6.63. The molecule has 0 aromatic rings. The molecule has 1 amide bonds. The minimum atomic E-state index is -0.314. The molecule has 1 N–H and O–H groups in total. The van der Waals surface area contributed by atoms with Crippen LogP contribution in [-0.2, 0) is 14.4 Å². The lowest BCUT2D eigenvalue weighted by Gasteiger charge is -2.18. The van der Waals surface area contributed by atoms with Crippen molar-refractivity contribution in [2.75, 3.05) is 0 Å². The van der Waals surface area contributed by atoms with Gasteiger partial charge in [-0.25, -0.2) is 0 Å². The van der Waals surface area contributed by atoms with Gasteiger partial charge in [0, 0.05) is 19.3 Å². The second kappa shape index (κ2) is 4.93. The summed E-state index contributed by atoms with van der Waals surface area (Å²) in [6, 6.07) is 0. The molecule has 14 heavy (non-hydrogen) atoms. The van der Waals surface area contributed by atoms with Crippen LogP contribution in [-0.4, -0.2) is 24.9 Å². The number of nitrogens with one attached hydrogen (secondary N) is 1. The smallest absolute Gasteiger partial charge is 0.232 e. The van der Waals surface area contributed by atoms with E-state index in [1.165, 1.54) is 0 Å². The van der Waals surface area contributed by atoms with Gasteiger partial charge in [-0.3, -0.25) is 14.4 Å². The van der Waals surface area contributed by atoms with Gasteiger partial charge in [-0.2, -0.15) is 0 Å². The number of hydrogen-bond acceptors (Lipinski definition) is 3. The van der Waals surface area contributed by atoms with Crippen LogP contribution in [0.1, 0.15) is 25.7 Å². The first kappa shape index (κ1) is 11.0. The second-order valence-corrected chi connectivity index (χ2v) is 3.61. The normalized spacial score (nSPS) is 21.9. The largest absolute Gasteiger partial charge is 0.403 e. The first-order valence-corrected chi connectivity index (χ1v) is 4.96. The SMILES string of the molecule is CBNC(=O)CC1CCC(=O)C(=O)C1. The second-order valence-electron chi connectivity index (χ2n) is 3.61. The fraction of sp³-hybridized carbons (Fsp3) is 0.667. The molecular formula is C9H14BNO3. The van der Waals surface area contributed by atoms with E-state index in [1.54, 1.807) is 0 Å². The van der Waals surface area contributed by atoms with Crippen LogP contribution < -0.4 is 5.23 Å². The van der Waals surface area contributed by atoms with Crippen molar-refractivity contribution in [2.45, 2.75) is 32.5 Å². The van der Waals surface area contributed by atoms with Gasteiger partial charge in [0.05, 0.1) is 0 Å². The molecule has 1 atom stereocenters. The Bertz CT molecular complexity index is 265. The number of carbonyl (C=O) groups is 3. The van der Waals surface area contributed by atoms with E-state index < -0.39 is 0 Å². The van der Waals surface area contributed by atoms with Crippen LogP contribution in [0.25, 0.3) is 0 Å². The molecule has 0 aromatic carbocycles. The lowest BCUT2D eigenvalue weighted by molar-refractivity contribution is -0.139.